The third-order valence-electron chi connectivity index (χ3n) is 3.72. The van der Waals surface area contributed by atoms with E-state index in [0.717, 1.165) is 45.4 Å². The summed E-state index contributed by atoms with van der Waals surface area (Å²) < 4.78 is 5.33. The molecule has 0 aromatic heterocycles. The molecule has 0 spiro atoms. The first kappa shape index (κ1) is 11.9. The van der Waals surface area contributed by atoms with Gasteiger partial charge in [-0.25, -0.2) is 0 Å². The van der Waals surface area contributed by atoms with Gasteiger partial charge in [0.05, 0.1) is 6.04 Å². The molecule has 0 bridgehead atoms. The van der Waals surface area contributed by atoms with Gasteiger partial charge in [0.1, 0.15) is 0 Å². The fourth-order valence-electron chi connectivity index (χ4n) is 2.57. The normalized spacial score (nSPS) is 28.9. The van der Waals surface area contributed by atoms with E-state index in [-0.39, 0.29) is 18.0 Å². The highest BCUT2D eigenvalue weighted by Gasteiger charge is 2.26. The highest BCUT2D eigenvalue weighted by Crippen LogP contribution is 2.18. The van der Waals surface area contributed by atoms with Gasteiger partial charge in [-0.1, -0.05) is 0 Å². The van der Waals surface area contributed by atoms with E-state index in [2.05, 4.69) is 17.6 Å². The average molecular weight is 226 g/mol. The molecule has 0 aliphatic carbocycles. The zero-order valence-electron chi connectivity index (χ0n) is 10.00. The molecule has 0 aromatic rings. The van der Waals surface area contributed by atoms with E-state index in [1.54, 1.807) is 0 Å². The van der Waals surface area contributed by atoms with Gasteiger partial charge in [0.25, 0.3) is 0 Å². The summed E-state index contributed by atoms with van der Waals surface area (Å²) in [6.07, 6.45) is 4.23. The number of hydrogen-bond acceptors (Lipinski definition) is 3. The van der Waals surface area contributed by atoms with Crippen LogP contribution >= 0.6 is 0 Å². The summed E-state index contributed by atoms with van der Waals surface area (Å²) >= 11 is 0. The van der Waals surface area contributed by atoms with Crippen molar-refractivity contribution in [3.05, 3.63) is 0 Å². The van der Waals surface area contributed by atoms with Crippen molar-refractivity contribution in [1.82, 2.24) is 10.6 Å². The molecule has 2 fully saturated rings. The van der Waals surface area contributed by atoms with Gasteiger partial charge >= 0.3 is 0 Å². The lowest BCUT2D eigenvalue weighted by molar-refractivity contribution is -0.124. The molecule has 2 heterocycles. The quantitative estimate of drug-likeness (QED) is 0.743. The van der Waals surface area contributed by atoms with Gasteiger partial charge in [-0.2, -0.15) is 0 Å². The van der Waals surface area contributed by atoms with Gasteiger partial charge in [0.2, 0.25) is 5.91 Å². The van der Waals surface area contributed by atoms with E-state index in [1.807, 2.05) is 0 Å². The minimum absolute atomic E-state index is 0.0438. The SMILES string of the molecule is CC(NC(=O)[C@@H]1CCCN1)C1CCOCC1. The van der Waals surface area contributed by atoms with Gasteiger partial charge in [-0.15, -0.1) is 0 Å². The Kier molecular flexibility index (Phi) is 4.18. The van der Waals surface area contributed by atoms with Crippen molar-refractivity contribution in [1.29, 1.82) is 0 Å². The van der Waals surface area contributed by atoms with Crippen molar-refractivity contribution in [2.75, 3.05) is 19.8 Å². The number of ether oxygens (including phenoxy) is 1. The zero-order chi connectivity index (χ0) is 11.4. The zero-order valence-corrected chi connectivity index (χ0v) is 10.00. The van der Waals surface area contributed by atoms with Crippen LogP contribution < -0.4 is 10.6 Å². The van der Waals surface area contributed by atoms with E-state index in [0.29, 0.717) is 5.92 Å². The summed E-state index contributed by atoms with van der Waals surface area (Å²) in [5.74, 6) is 0.760. The van der Waals surface area contributed by atoms with Crippen molar-refractivity contribution in [3.63, 3.8) is 0 Å². The van der Waals surface area contributed by atoms with E-state index >= 15 is 0 Å². The number of carbonyl (C=O) groups is 1. The van der Waals surface area contributed by atoms with Crippen LogP contribution in [0.4, 0.5) is 0 Å². The Bertz CT molecular complexity index is 233. The lowest BCUT2D eigenvalue weighted by Gasteiger charge is -2.29. The standard InChI is InChI=1S/C12H22N2O2/c1-9(10-4-7-16-8-5-10)14-12(15)11-3-2-6-13-11/h9-11,13H,2-8H2,1H3,(H,14,15)/t9?,11-/m0/s1. The average Bonchev–Trinajstić information content (AvgIpc) is 2.83. The Balaban J connectivity index is 1.76. The van der Waals surface area contributed by atoms with Crippen LogP contribution in [0, 0.1) is 5.92 Å². The lowest BCUT2D eigenvalue weighted by atomic mass is 9.93. The summed E-state index contributed by atoms with van der Waals surface area (Å²) in [7, 11) is 0. The summed E-state index contributed by atoms with van der Waals surface area (Å²) in [5, 5.41) is 6.36. The predicted octanol–water partition coefficient (Wildman–Crippen LogP) is 0.670. The number of nitrogens with one attached hydrogen (secondary N) is 2. The molecular formula is C12H22N2O2. The summed E-state index contributed by atoms with van der Waals surface area (Å²) in [6.45, 7) is 4.77. The molecule has 4 nitrogen and oxygen atoms in total. The molecule has 0 aromatic carbocycles. The summed E-state index contributed by atoms with van der Waals surface area (Å²) in [4.78, 5) is 11.9. The smallest absolute Gasteiger partial charge is 0.237 e. The number of carbonyl (C=O) groups excluding carboxylic acids is 1. The molecule has 0 saturated carbocycles. The largest absolute Gasteiger partial charge is 0.381 e. The third kappa shape index (κ3) is 2.95. The van der Waals surface area contributed by atoms with Gasteiger partial charge in [-0.3, -0.25) is 4.79 Å². The first-order valence-corrected chi connectivity index (χ1v) is 6.39. The lowest BCUT2D eigenvalue weighted by Crippen LogP contribution is -2.47. The first-order chi connectivity index (χ1) is 7.77. The molecule has 2 atom stereocenters. The highest BCUT2D eigenvalue weighted by molar-refractivity contribution is 5.82. The van der Waals surface area contributed by atoms with Crippen molar-refractivity contribution >= 4 is 5.91 Å². The van der Waals surface area contributed by atoms with Crippen LogP contribution in [-0.2, 0) is 9.53 Å². The van der Waals surface area contributed by atoms with Gasteiger partial charge < -0.3 is 15.4 Å². The molecule has 0 radical (unpaired) electrons. The van der Waals surface area contributed by atoms with Crippen LogP contribution in [-0.4, -0.2) is 37.7 Å². The van der Waals surface area contributed by atoms with Crippen molar-refractivity contribution in [3.8, 4) is 0 Å². The second-order valence-electron chi connectivity index (χ2n) is 4.90. The topological polar surface area (TPSA) is 50.4 Å². The molecule has 92 valence electrons. The number of rotatable bonds is 3. The van der Waals surface area contributed by atoms with Gasteiger partial charge in [-0.05, 0) is 45.1 Å². The Morgan fingerprint density at radius 2 is 2.12 bits per heavy atom. The predicted molar refractivity (Wildman–Crippen MR) is 62.2 cm³/mol. The number of amides is 1. The van der Waals surface area contributed by atoms with Gasteiger partial charge in [0.15, 0.2) is 0 Å². The molecule has 2 aliphatic rings. The summed E-state index contributed by atoms with van der Waals surface area (Å²) in [5.41, 5.74) is 0. The van der Waals surface area contributed by atoms with E-state index in [4.69, 9.17) is 4.74 Å². The maximum atomic E-state index is 11.9. The van der Waals surface area contributed by atoms with E-state index in [1.165, 1.54) is 0 Å². The monoisotopic (exact) mass is 226 g/mol. The Hall–Kier alpha value is -0.610. The molecule has 2 aliphatic heterocycles. The summed E-state index contributed by atoms with van der Waals surface area (Å²) in [6, 6.07) is 0.320. The molecule has 1 unspecified atom stereocenters. The first-order valence-electron chi connectivity index (χ1n) is 6.39. The van der Waals surface area contributed by atoms with Crippen molar-refractivity contribution in [2.45, 2.75) is 44.7 Å². The van der Waals surface area contributed by atoms with Crippen LogP contribution in [0.25, 0.3) is 0 Å². The molecular weight excluding hydrogens is 204 g/mol. The third-order valence-corrected chi connectivity index (χ3v) is 3.72. The Morgan fingerprint density at radius 3 is 2.75 bits per heavy atom. The van der Waals surface area contributed by atoms with Crippen molar-refractivity contribution in [2.24, 2.45) is 5.92 Å². The molecule has 4 heteroatoms. The maximum absolute atomic E-state index is 11.9. The van der Waals surface area contributed by atoms with E-state index in [9.17, 15) is 4.79 Å². The minimum atomic E-state index is 0.0438. The van der Waals surface area contributed by atoms with Crippen LogP contribution in [0.3, 0.4) is 0 Å². The second-order valence-corrected chi connectivity index (χ2v) is 4.90. The fraction of sp³-hybridized carbons (Fsp3) is 0.917. The molecule has 2 N–H and O–H groups in total. The maximum Gasteiger partial charge on any atom is 0.237 e. The number of hydrogen-bond donors (Lipinski definition) is 2. The molecule has 2 rings (SSSR count). The highest BCUT2D eigenvalue weighted by atomic mass is 16.5. The van der Waals surface area contributed by atoms with Crippen LogP contribution in [0.2, 0.25) is 0 Å². The Morgan fingerprint density at radius 1 is 1.38 bits per heavy atom. The van der Waals surface area contributed by atoms with Crippen LogP contribution in [0.15, 0.2) is 0 Å². The molecule has 1 amide bonds. The fourth-order valence-corrected chi connectivity index (χ4v) is 2.57. The molecule has 16 heavy (non-hydrogen) atoms. The van der Waals surface area contributed by atoms with E-state index < -0.39 is 0 Å². The van der Waals surface area contributed by atoms with Crippen LogP contribution in [0.5, 0.6) is 0 Å². The Labute approximate surface area is 97.1 Å². The minimum Gasteiger partial charge on any atom is -0.381 e. The molecule has 2 saturated heterocycles. The van der Waals surface area contributed by atoms with Gasteiger partial charge in [0, 0.05) is 19.3 Å². The van der Waals surface area contributed by atoms with Crippen molar-refractivity contribution < 1.29 is 9.53 Å². The van der Waals surface area contributed by atoms with Crippen LogP contribution in [0.1, 0.15) is 32.6 Å². The second kappa shape index (κ2) is 5.64.